The Morgan fingerprint density at radius 1 is 1.35 bits per heavy atom. The molecule has 0 aliphatic carbocycles. The first-order valence-corrected chi connectivity index (χ1v) is 6.04. The van der Waals surface area contributed by atoms with Crippen molar-refractivity contribution in [3.05, 3.63) is 35.4 Å². The number of carbonyl (C=O) groups is 1. The van der Waals surface area contributed by atoms with E-state index in [9.17, 15) is 23.1 Å². The van der Waals surface area contributed by atoms with Crippen LogP contribution in [0.15, 0.2) is 24.3 Å². The zero-order chi connectivity index (χ0) is 15.2. The number of rotatable bonds is 6. The molecule has 0 saturated carbocycles. The van der Waals surface area contributed by atoms with Gasteiger partial charge in [-0.05, 0) is 24.6 Å². The minimum Gasteiger partial charge on any atom is -0.387 e. The van der Waals surface area contributed by atoms with Crippen molar-refractivity contribution in [2.45, 2.75) is 19.2 Å². The molecule has 0 heterocycles. The Bertz CT molecular complexity index is 431. The van der Waals surface area contributed by atoms with E-state index < -0.39 is 23.8 Å². The Morgan fingerprint density at radius 3 is 2.45 bits per heavy atom. The molecule has 0 fully saturated rings. The molecule has 1 amide bonds. The summed E-state index contributed by atoms with van der Waals surface area (Å²) in [6, 6.07) is 4.14. The lowest BCUT2D eigenvalue weighted by Crippen LogP contribution is -2.31. The van der Waals surface area contributed by atoms with Gasteiger partial charge in [-0.15, -0.1) is 0 Å². The molecule has 20 heavy (non-hydrogen) atoms. The van der Waals surface area contributed by atoms with E-state index in [1.165, 1.54) is 12.1 Å². The van der Waals surface area contributed by atoms with Crippen molar-refractivity contribution in [2.24, 2.45) is 0 Å². The number of hydrogen-bond acceptors (Lipinski definition) is 3. The largest absolute Gasteiger partial charge is 0.416 e. The summed E-state index contributed by atoms with van der Waals surface area (Å²) in [4.78, 5) is 11.2. The van der Waals surface area contributed by atoms with Gasteiger partial charge in [0.25, 0.3) is 0 Å². The molecule has 4 nitrogen and oxygen atoms in total. The Morgan fingerprint density at radius 2 is 1.95 bits per heavy atom. The van der Waals surface area contributed by atoms with Crippen LogP contribution >= 0.6 is 0 Å². The van der Waals surface area contributed by atoms with Crippen LogP contribution in [0, 0.1) is 0 Å². The monoisotopic (exact) mass is 291 g/mol. The van der Waals surface area contributed by atoms with E-state index in [4.69, 9.17) is 4.74 Å². The molecular formula is C13H16F3NO3. The highest BCUT2D eigenvalue weighted by Crippen LogP contribution is 2.29. The van der Waals surface area contributed by atoms with Gasteiger partial charge in [0, 0.05) is 13.2 Å². The van der Waals surface area contributed by atoms with E-state index in [0.29, 0.717) is 12.2 Å². The molecule has 0 aliphatic rings. The second kappa shape index (κ2) is 7.25. The van der Waals surface area contributed by atoms with Gasteiger partial charge in [0.05, 0.1) is 11.7 Å². The minimum atomic E-state index is -4.41. The number of aliphatic hydroxyl groups excluding tert-OH is 1. The maximum Gasteiger partial charge on any atom is 0.416 e. The number of carbonyl (C=O) groups excluding carboxylic acids is 1. The molecule has 7 heteroatoms. The minimum absolute atomic E-state index is 0.0860. The molecule has 0 aliphatic heterocycles. The highest BCUT2D eigenvalue weighted by Gasteiger charge is 2.30. The van der Waals surface area contributed by atoms with Crippen molar-refractivity contribution in [1.82, 2.24) is 5.32 Å². The average Bonchev–Trinajstić information content (AvgIpc) is 2.41. The summed E-state index contributed by atoms with van der Waals surface area (Å²) in [7, 11) is 0. The molecule has 0 spiro atoms. The first-order valence-electron chi connectivity index (χ1n) is 6.04. The van der Waals surface area contributed by atoms with Crippen LogP contribution in [0.1, 0.15) is 24.2 Å². The molecular weight excluding hydrogens is 275 g/mol. The van der Waals surface area contributed by atoms with E-state index in [1.54, 1.807) is 6.92 Å². The summed E-state index contributed by atoms with van der Waals surface area (Å²) in [5.41, 5.74) is -0.483. The molecule has 112 valence electrons. The van der Waals surface area contributed by atoms with Crippen molar-refractivity contribution in [3.63, 3.8) is 0 Å². The fourth-order valence-electron chi connectivity index (χ4n) is 1.47. The number of alkyl halides is 3. The van der Waals surface area contributed by atoms with Crippen LogP contribution in [-0.4, -0.2) is 30.8 Å². The summed E-state index contributed by atoms with van der Waals surface area (Å²) in [6.45, 7) is 1.94. The number of nitrogens with one attached hydrogen (secondary N) is 1. The normalized spacial score (nSPS) is 13.1. The molecule has 1 aromatic rings. The van der Waals surface area contributed by atoms with Crippen LogP contribution in [0.2, 0.25) is 0 Å². The second-order valence-corrected chi connectivity index (χ2v) is 4.08. The lowest BCUT2D eigenvalue weighted by atomic mass is 10.1. The maximum absolute atomic E-state index is 12.4. The first-order chi connectivity index (χ1) is 9.34. The Kier molecular flexibility index (Phi) is 5.97. The zero-order valence-corrected chi connectivity index (χ0v) is 10.9. The Labute approximate surface area is 114 Å². The van der Waals surface area contributed by atoms with Crippen molar-refractivity contribution >= 4 is 5.91 Å². The first kappa shape index (κ1) is 16.5. The number of hydrogen-bond donors (Lipinski definition) is 2. The van der Waals surface area contributed by atoms with Gasteiger partial charge in [-0.25, -0.2) is 0 Å². The molecule has 1 atom stereocenters. The standard InChI is InChI=1S/C13H16F3NO3/c1-2-20-8-12(19)17-7-11(18)9-3-5-10(6-4-9)13(14,15)16/h3-6,11,18H,2,7-8H2,1H3,(H,17,19). The van der Waals surface area contributed by atoms with E-state index in [0.717, 1.165) is 12.1 Å². The van der Waals surface area contributed by atoms with Crippen LogP contribution in [0.25, 0.3) is 0 Å². The molecule has 0 bridgehead atoms. The van der Waals surface area contributed by atoms with Gasteiger partial charge >= 0.3 is 6.18 Å². The third-order valence-electron chi connectivity index (χ3n) is 2.55. The number of halogens is 3. The molecule has 0 aromatic heterocycles. The average molecular weight is 291 g/mol. The van der Waals surface area contributed by atoms with Crippen LogP contribution < -0.4 is 5.32 Å². The van der Waals surface area contributed by atoms with E-state index >= 15 is 0 Å². The highest BCUT2D eigenvalue weighted by atomic mass is 19.4. The third kappa shape index (κ3) is 5.18. The van der Waals surface area contributed by atoms with Gasteiger partial charge in [-0.3, -0.25) is 4.79 Å². The lowest BCUT2D eigenvalue weighted by molar-refractivity contribution is -0.137. The van der Waals surface area contributed by atoms with Gasteiger partial charge in [0.1, 0.15) is 6.61 Å². The third-order valence-corrected chi connectivity index (χ3v) is 2.55. The SMILES string of the molecule is CCOCC(=O)NCC(O)c1ccc(C(F)(F)F)cc1. The van der Waals surface area contributed by atoms with Crippen LogP contribution in [-0.2, 0) is 15.7 Å². The molecule has 0 radical (unpaired) electrons. The van der Waals surface area contributed by atoms with Gasteiger partial charge in [-0.1, -0.05) is 12.1 Å². The maximum atomic E-state index is 12.4. The number of amides is 1. The fourth-order valence-corrected chi connectivity index (χ4v) is 1.47. The van der Waals surface area contributed by atoms with Crippen LogP contribution in [0.4, 0.5) is 13.2 Å². The summed E-state index contributed by atoms with van der Waals surface area (Å²) in [6.07, 6.45) is -5.47. The molecule has 0 saturated heterocycles. The second-order valence-electron chi connectivity index (χ2n) is 4.08. The summed E-state index contributed by atoms with van der Waals surface area (Å²) >= 11 is 0. The smallest absolute Gasteiger partial charge is 0.387 e. The molecule has 1 rings (SSSR count). The van der Waals surface area contributed by atoms with Gasteiger partial charge in [0.2, 0.25) is 5.91 Å². The quantitative estimate of drug-likeness (QED) is 0.841. The molecule has 2 N–H and O–H groups in total. The fraction of sp³-hybridized carbons (Fsp3) is 0.462. The molecule has 1 aromatic carbocycles. The zero-order valence-electron chi connectivity index (χ0n) is 10.9. The predicted molar refractivity (Wildman–Crippen MR) is 65.9 cm³/mol. The van der Waals surface area contributed by atoms with Gasteiger partial charge in [-0.2, -0.15) is 13.2 Å². The van der Waals surface area contributed by atoms with Gasteiger partial charge in [0.15, 0.2) is 0 Å². The molecule has 1 unspecified atom stereocenters. The summed E-state index contributed by atoms with van der Waals surface area (Å²) in [5, 5.41) is 12.2. The summed E-state index contributed by atoms with van der Waals surface area (Å²) < 4.78 is 41.9. The number of aliphatic hydroxyl groups is 1. The summed E-state index contributed by atoms with van der Waals surface area (Å²) in [5.74, 6) is -0.391. The van der Waals surface area contributed by atoms with Crippen molar-refractivity contribution < 1.29 is 27.8 Å². The van der Waals surface area contributed by atoms with Crippen molar-refractivity contribution in [3.8, 4) is 0 Å². The predicted octanol–water partition coefficient (Wildman–Crippen LogP) is 1.89. The Balaban J connectivity index is 2.51. The van der Waals surface area contributed by atoms with E-state index in [2.05, 4.69) is 5.32 Å². The number of benzene rings is 1. The van der Waals surface area contributed by atoms with Crippen molar-refractivity contribution in [2.75, 3.05) is 19.8 Å². The lowest BCUT2D eigenvalue weighted by Gasteiger charge is -2.13. The van der Waals surface area contributed by atoms with Crippen LogP contribution in [0.3, 0.4) is 0 Å². The topological polar surface area (TPSA) is 58.6 Å². The Hall–Kier alpha value is -1.60. The van der Waals surface area contributed by atoms with E-state index in [1.807, 2.05) is 0 Å². The van der Waals surface area contributed by atoms with Gasteiger partial charge < -0.3 is 15.2 Å². The van der Waals surface area contributed by atoms with Crippen molar-refractivity contribution in [1.29, 1.82) is 0 Å². The number of ether oxygens (including phenoxy) is 1. The highest BCUT2D eigenvalue weighted by molar-refractivity contribution is 5.77. The van der Waals surface area contributed by atoms with E-state index in [-0.39, 0.29) is 13.2 Å². The van der Waals surface area contributed by atoms with Crippen LogP contribution in [0.5, 0.6) is 0 Å².